The van der Waals surface area contributed by atoms with Gasteiger partial charge in [0.2, 0.25) is 5.91 Å². The monoisotopic (exact) mass is 326 g/mol. The zero-order chi connectivity index (χ0) is 17.5. The Hall–Kier alpha value is -2.82. The zero-order valence-corrected chi connectivity index (χ0v) is 14.1. The average molecular weight is 326 g/mol. The lowest BCUT2D eigenvalue weighted by Crippen LogP contribution is -2.22. The Morgan fingerprint density at radius 1 is 1.00 bits per heavy atom. The van der Waals surface area contributed by atoms with Crippen LogP contribution in [0.25, 0.3) is 0 Å². The van der Waals surface area contributed by atoms with E-state index in [1.807, 2.05) is 38.1 Å². The molecule has 0 fully saturated rings. The quantitative estimate of drug-likeness (QED) is 0.855. The van der Waals surface area contributed by atoms with Crippen LogP contribution in [0.4, 0.5) is 5.69 Å². The number of ether oxygens (including phenoxy) is 1. The van der Waals surface area contributed by atoms with Crippen LogP contribution in [0.1, 0.15) is 36.7 Å². The lowest BCUT2D eigenvalue weighted by molar-refractivity contribution is -0.114. The molecule has 2 N–H and O–H groups in total. The largest absolute Gasteiger partial charge is 0.491 e. The van der Waals surface area contributed by atoms with Crippen molar-refractivity contribution in [2.75, 3.05) is 5.32 Å². The van der Waals surface area contributed by atoms with Crippen molar-refractivity contribution >= 4 is 17.5 Å². The van der Waals surface area contributed by atoms with Crippen LogP contribution in [0.15, 0.2) is 48.5 Å². The topological polar surface area (TPSA) is 67.4 Å². The molecule has 0 spiro atoms. The third-order valence-corrected chi connectivity index (χ3v) is 3.22. The minimum absolute atomic E-state index is 0.135. The Morgan fingerprint density at radius 3 is 2.17 bits per heavy atom. The van der Waals surface area contributed by atoms with E-state index < -0.39 is 0 Å². The summed E-state index contributed by atoms with van der Waals surface area (Å²) in [6, 6.07) is 14.4. The van der Waals surface area contributed by atoms with E-state index in [0.717, 1.165) is 11.3 Å². The van der Waals surface area contributed by atoms with Crippen LogP contribution in [-0.4, -0.2) is 17.9 Å². The predicted octanol–water partition coefficient (Wildman–Crippen LogP) is 3.36. The van der Waals surface area contributed by atoms with Gasteiger partial charge in [-0.05, 0) is 55.8 Å². The van der Waals surface area contributed by atoms with Gasteiger partial charge in [-0.25, -0.2) is 0 Å². The highest BCUT2D eigenvalue weighted by molar-refractivity contribution is 5.95. The van der Waals surface area contributed by atoms with E-state index in [-0.39, 0.29) is 17.9 Å². The molecule has 2 amide bonds. The summed E-state index contributed by atoms with van der Waals surface area (Å²) in [5.41, 5.74) is 2.21. The second kappa shape index (κ2) is 8.15. The highest BCUT2D eigenvalue weighted by atomic mass is 16.5. The number of carbonyl (C=O) groups excluding carboxylic acids is 2. The molecular weight excluding hydrogens is 304 g/mol. The van der Waals surface area contributed by atoms with E-state index >= 15 is 0 Å². The third-order valence-electron chi connectivity index (χ3n) is 3.22. The Morgan fingerprint density at radius 2 is 1.62 bits per heavy atom. The molecule has 0 saturated carbocycles. The van der Waals surface area contributed by atoms with E-state index in [1.165, 1.54) is 6.92 Å². The molecule has 5 nitrogen and oxygen atoms in total. The van der Waals surface area contributed by atoms with Gasteiger partial charge in [0, 0.05) is 24.7 Å². The molecule has 5 heteroatoms. The zero-order valence-electron chi connectivity index (χ0n) is 14.1. The Bertz CT molecular complexity index is 692. The molecule has 0 aliphatic rings. The maximum atomic E-state index is 12.1. The maximum Gasteiger partial charge on any atom is 0.251 e. The highest BCUT2D eigenvalue weighted by Crippen LogP contribution is 2.14. The van der Waals surface area contributed by atoms with Crippen molar-refractivity contribution in [2.24, 2.45) is 0 Å². The average Bonchev–Trinajstić information content (AvgIpc) is 2.53. The van der Waals surface area contributed by atoms with E-state index in [4.69, 9.17) is 4.74 Å². The smallest absolute Gasteiger partial charge is 0.251 e. The lowest BCUT2D eigenvalue weighted by atomic mass is 10.1. The van der Waals surface area contributed by atoms with Gasteiger partial charge in [0.25, 0.3) is 5.91 Å². The van der Waals surface area contributed by atoms with Gasteiger partial charge in [-0.15, -0.1) is 0 Å². The van der Waals surface area contributed by atoms with Gasteiger partial charge in [0.1, 0.15) is 5.75 Å². The van der Waals surface area contributed by atoms with Crippen molar-refractivity contribution < 1.29 is 14.3 Å². The first-order valence-electron chi connectivity index (χ1n) is 7.85. The minimum atomic E-state index is -0.160. The van der Waals surface area contributed by atoms with Crippen LogP contribution in [-0.2, 0) is 11.3 Å². The molecule has 0 aliphatic carbocycles. The predicted molar refractivity (Wildman–Crippen MR) is 94.1 cm³/mol. The number of rotatable bonds is 6. The van der Waals surface area contributed by atoms with Crippen LogP contribution < -0.4 is 15.4 Å². The number of carbonyl (C=O) groups is 2. The number of hydrogen-bond acceptors (Lipinski definition) is 3. The van der Waals surface area contributed by atoms with E-state index in [1.54, 1.807) is 24.3 Å². The molecule has 0 heterocycles. The fraction of sp³-hybridized carbons (Fsp3) is 0.263. The second-order valence-electron chi connectivity index (χ2n) is 5.75. The second-order valence-corrected chi connectivity index (χ2v) is 5.75. The molecule has 0 unspecified atom stereocenters. The molecule has 0 aliphatic heterocycles. The standard InChI is InChI=1S/C19H22N2O3/c1-13(2)24-18-10-4-15(5-11-18)12-20-19(23)16-6-8-17(9-7-16)21-14(3)22/h4-11,13H,12H2,1-3H3,(H,20,23)(H,21,22). The number of amides is 2. The number of anilines is 1. The molecule has 0 aromatic heterocycles. The van der Waals surface area contributed by atoms with Gasteiger partial charge in [0.15, 0.2) is 0 Å². The first-order valence-corrected chi connectivity index (χ1v) is 7.85. The van der Waals surface area contributed by atoms with Crippen molar-refractivity contribution in [3.05, 3.63) is 59.7 Å². The molecule has 2 rings (SSSR count). The Labute approximate surface area is 142 Å². The van der Waals surface area contributed by atoms with Crippen molar-refractivity contribution in [3.63, 3.8) is 0 Å². The van der Waals surface area contributed by atoms with E-state index in [0.29, 0.717) is 17.8 Å². The van der Waals surface area contributed by atoms with Crippen LogP contribution in [0.3, 0.4) is 0 Å². The molecule has 0 radical (unpaired) electrons. The number of hydrogen-bond donors (Lipinski definition) is 2. The van der Waals surface area contributed by atoms with Crippen LogP contribution in [0.2, 0.25) is 0 Å². The van der Waals surface area contributed by atoms with Crippen molar-refractivity contribution in [1.82, 2.24) is 5.32 Å². The molecule has 0 saturated heterocycles. The highest BCUT2D eigenvalue weighted by Gasteiger charge is 2.06. The molecule has 2 aromatic rings. The fourth-order valence-electron chi connectivity index (χ4n) is 2.15. The van der Waals surface area contributed by atoms with Crippen LogP contribution in [0, 0.1) is 0 Å². The Balaban J connectivity index is 1.89. The molecule has 126 valence electrons. The summed E-state index contributed by atoms with van der Waals surface area (Å²) >= 11 is 0. The molecular formula is C19H22N2O3. The van der Waals surface area contributed by atoms with Crippen LogP contribution >= 0.6 is 0 Å². The van der Waals surface area contributed by atoms with Crippen molar-refractivity contribution in [1.29, 1.82) is 0 Å². The number of nitrogens with one attached hydrogen (secondary N) is 2. The summed E-state index contributed by atoms with van der Waals surface area (Å²) < 4.78 is 5.59. The van der Waals surface area contributed by atoms with Crippen LogP contribution in [0.5, 0.6) is 5.75 Å². The van der Waals surface area contributed by atoms with Gasteiger partial charge >= 0.3 is 0 Å². The molecule has 24 heavy (non-hydrogen) atoms. The SMILES string of the molecule is CC(=O)Nc1ccc(C(=O)NCc2ccc(OC(C)C)cc2)cc1. The summed E-state index contributed by atoms with van der Waals surface area (Å²) in [4.78, 5) is 23.1. The maximum absolute atomic E-state index is 12.1. The number of benzene rings is 2. The normalized spacial score (nSPS) is 10.3. The van der Waals surface area contributed by atoms with Crippen molar-refractivity contribution in [2.45, 2.75) is 33.4 Å². The third kappa shape index (κ3) is 5.43. The van der Waals surface area contributed by atoms with Gasteiger partial charge < -0.3 is 15.4 Å². The summed E-state index contributed by atoms with van der Waals surface area (Å²) in [6.45, 7) is 5.84. The van der Waals surface area contributed by atoms with E-state index in [9.17, 15) is 9.59 Å². The molecule has 2 aromatic carbocycles. The summed E-state index contributed by atoms with van der Waals surface area (Å²) in [5, 5.41) is 5.53. The van der Waals surface area contributed by atoms with Gasteiger partial charge in [-0.1, -0.05) is 12.1 Å². The van der Waals surface area contributed by atoms with Gasteiger partial charge in [-0.2, -0.15) is 0 Å². The summed E-state index contributed by atoms with van der Waals surface area (Å²) in [6.07, 6.45) is 0.135. The summed E-state index contributed by atoms with van der Waals surface area (Å²) in [7, 11) is 0. The molecule has 0 bridgehead atoms. The minimum Gasteiger partial charge on any atom is -0.491 e. The van der Waals surface area contributed by atoms with E-state index in [2.05, 4.69) is 10.6 Å². The van der Waals surface area contributed by atoms with Crippen molar-refractivity contribution in [3.8, 4) is 5.75 Å². The lowest BCUT2D eigenvalue weighted by Gasteiger charge is -2.10. The first kappa shape index (κ1) is 17.5. The molecule has 0 atom stereocenters. The van der Waals surface area contributed by atoms with Gasteiger partial charge in [0.05, 0.1) is 6.10 Å². The Kier molecular flexibility index (Phi) is 5.95. The fourth-order valence-corrected chi connectivity index (χ4v) is 2.15. The summed E-state index contributed by atoms with van der Waals surface area (Å²) in [5.74, 6) is 0.512. The first-order chi connectivity index (χ1) is 11.4. The van der Waals surface area contributed by atoms with Gasteiger partial charge in [-0.3, -0.25) is 9.59 Å².